The van der Waals surface area contributed by atoms with E-state index in [1.54, 1.807) is 19.2 Å². The number of carbonyl (C=O) groups is 3. The molecule has 0 aliphatic carbocycles. The fourth-order valence-corrected chi connectivity index (χ4v) is 4.01. The molecule has 1 saturated heterocycles. The van der Waals surface area contributed by atoms with E-state index in [1.807, 2.05) is 30.3 Å². The number of amides is 3. The van der Waals surface area contributed by atoms with Gasteiger partial charge >= 0.3 is 0 Å². The monoisotopic (exact) mass is 417 g/mol. The van der Waals surface area contributed by atoms with Crippen molar-refractivity contribution in [1.29, 1.82) is 0 Å². The molecule has 4 heterocycles. The van der Waals surface area contributed by atoms with Gasteiger partial charge in [-0.15, -0.1) is 0 Å². The van der Waals surface area contributed by atoms with Gasteiger partial charge in [0, 0.05) is 30.2 Å². The van der Waals surface area contributed by atoms with Crippen LogP contribution in [0.4, 0.5) is 0 Å². The van der Waals surface area contributed by atoms with E-state index in [9.17, 15) is 14.4 Å². The first-order valence-electron chi connectivity index (χ1n) is 9.88. The molecule has 1 atom stereocenters. The third-order valence-electron chi connectivity index (χ3n) is 5.61. The largest absolute Gasteiger partial charge is 0.481 e. The first kappa shape index (κ1) is 19.0. The summed E-state index contributed by atoms with van der Waals surface area (Å²) in [5.41, 5.74) is 4.42. The molecule has 9 nitrogen and oxygen atoms in total. The second-order valence-electron chi connectivity index (χ2n) is 7.50. The highest BCUT2D eigenvalue weighted by Crippen LogP contribution is 2.31. The quantitative estimate of drug-likeness (QED) is 0.626. The smallest absolute Gasteiger partial charge is 0.255 e. The van der Waals surface area contributed by atoms with Gasteiger partial charge in [0.05, 0.1) is 24.2 Å². The molecule has 1 fully saturated rings. The second kappa shape index (κ2) is 7.35. The van der Waals surface area contributed by atoms with E-state index in [0.717, 1.165) is 16.8 Å². The Labute approximate surface area is 177 Å². The lowest BCUT2D eigenvalue weighted by Crippen LogP contribution is -2.52. The molecule has 1 aromatic carbocycles. The normalized spacial score (nSPS) is 18.2. The van der Waals surface area contributed by atoms with E-state index in [2.05, 4.69) is 20.5 Å². The van der Waals surface area contributed by atoms with Gasteiger partial charge < -0.3 is 9.64 Å². The van der Waals surface area contributed by atoms with E-state index in [4.69, 9.17) is 4.74 Å². The summed E-state index contributed by atoms with van der Waals surface area (Å²) in [5, 5.41) is 9.69. The fraction of sp³-hybridized carbons (Fsp3) is 0.227. The van der Waals surface area contributed by atoms with Crippen molar-refractivity contribution in [2.75, 3.05) is 7.11 Å². The zero-order chi connectivity index (χ0) is 21.5. The average molecular weight is 417 g/mol. The number of hydrogen-bond acceptors (Lipinski definition) is 6. The Morgan fingerprint density at radius 2 is 1.97 bits per heavy atom. The molecule has 0 bridgehead atoms. The number of methoxy groups -OCH3 is 1. The lowest BCUT2D eigenvalue weighted by Gasteiger charge is -2.29. The maximum absolute atomic E-state index is 12.8. The first-order valence-corrected chi connectivity index (χ1v) is 9.88. The van der Waals surface area contributed by atoms with E-state index in [1.165, 1.54) is 4.90 Å². The number of hydrogen-bond donors (Lipinski definition) is 2. The van der Waals surface area contributed by atoms with Crippen LogP contribution in [-0.4, -0.2) is 51.0 Å². The third kappa shape index (κ3) is 3.33. The van der Waals surface area contributed by atoms with Gasteiger partial charge in [-0.3, -0.25) is 24.8 Å². The number of fused-ring (bicyclic) bond motifs is 1. The van der Waals surface area contributed by atoms with Gasteiger partial charge in [0.15, 0.2) is 0 Å². The molecule has 3 aromatic rings. The Morgan fingerprint density at radius 1 is 1.10 bits per heavy atom. The topological polar surface area (TPSA) is 117 Å². The molecule has 0 radical (unpaired) electrons. The number of rotatable bonds is 4. The summed E-state index contributed by atoms with van der Waals surface area (Å²) in [6.07, 6.45) is 0.573. The van der Waals surface area contributed by atoms with Crippen molar-refractivity contribution < 1.29 is 19.1 Å². The molecule has 3 amide bonds. The van der Waals surface area contributed by atoms with Crippen LogP contribution in [0.15, 0.2) is 42.5 Å². The number of benzene rings is 1. The van der Waals surface area contributed by atoms with Gasteiger partial charge in [-0.1, -0.05) is 12.1 Å². The number of imide groups is 1. The van der Waals surface area contributed by atoms with Gasteiger partial charge in [0.25, 0.3) is 5.91 Å². The summed E-state index contributed by atoms with van der Waals surface area (Å²) in [6.45, 7) is 0.322. The number of pyridine rings is 1. The molecule has 2 N–H and O–H groups in total. The van der Waals surface area contributed by atoms with E-state index in [-0.39, 0.29) is 18.2 Å². The maximum Gasteiger partial charge on any atom is 0.255 e. The van der Waals surface area contributed by atoms with Crippen LogP contribution in [-0.2, 0) is 16.1 Å². The van der Waals surface area contributed by atoms with Crippen LogP contribution in [0.1, 0.15) is 28.8 Å². The van der Waals surface area contributed by atoms with Crippen LogP contribution >= 0.6 is 0 Å². The van der Waals surface area contributed by atoms with Gasteiger partial charge in [-0.05, 0) is 36.2 Å². The van der Waals surface area contributed by atoms with Gasteiger partial charge in [0.1, 0.15) is 6.04 Å². The Morgan fingerprint density at radius 3 is 2.77 bits per heavy atom. The van der Waals surface area contributed by atoms with Crippen molar-refractivity contribution in [3.8, 4) is 28.5 Å². The second-order valence-corrected chi connectivity index (χ2v) is 7.50. The summed E-state index contributed by atoms with van der Waals surface area (Å²) < 4.78 is 5.17. The van der Waals surface area contributed by atoms with Crippen molar-refractivity contribution in [3.05, 3.63) is 53.6 Å². The summed E-state index contributed by atoms with van der Waals surface area (Å²) >= 11 is 0. The number of carbonyl (C=O) groups excluding carboxylic acids is 3. The lowest BCUT2D eigenvalue weighted by molar-refractivity contribution is -0.136. The highest BCUT2D eigenvalue weighted by molar-refractivity contribution is 6.05. The molecule has 31 heavy (non-hydrogen) atoms. The zero-order valence-corrected chi connectivity index (χ0v) is 16.7. The minimum atomic E-state index is -0.628. The van der Waals surface area contributed by atoms with E-state index in [0.29, 0.717) is 35.8 Å². The van der Waals surface area contributed by atoms with Crippen molar-refractivity contribution in [1.82, 2.24) is 25.4 Å². The van der Waals surface area contributed by atoms with Crippen LogP contribution < -0.4 is 10.1 Å². The van der Waals surface area contributed by atoms with Gasteiger partial charge in [0.2, 0.25) is 17.7 Å². The number of nitrogens with zero attached hydrogens (tertiary/aromatic N) is 3. The van der Waals surface area contributed by atoms with Crippen LogP contribution in [0.5, 0.6) is 5.88 Å². The molecule has 9 heteroatoms. The zero-order valence-electron chi connectivity index (χ0n) is 16.7. The lowest BCUT2D eigenvalue weighted by atomic mass is 10.0. The molecular weight excluding hydrogens is 398 g/mol. The molecule has 156 valence electrons. The van der Waals surface area contributed by atoms with Crippen molar-refractivity contribution >= 4 is 17.7 Å². The van der Waals surface area contributed by atoms with Gasteiger partial charge in [-0.2, -0.15) is 5.10 Å². The molecule has 0 spiro atoms. The molecule has 2 aromatic heterocycles. The summed E-state index contributed by atoms with van der Waals surface area (Å²) in [6, 6.07) is 12.3. The standard InChI is InChI=1S/C22H19N5O4/c1-31-20-4-2-3-15(23-20)17-10-16(25-26-17)12-5-6-14-13(9-12)11-27(22(14)30)18-7-8-19(28)24-21(18)29/h2-6,9-10,18H,7-8,11H2,1H3,(H,25,26)(H,24,28,29). The first-order chi connectivity index (χ1) is 15.0. The highest BCUT2D eigenvalue weighted by atomic mass is 16.5. The maximum atomic E-state index is 12.8. The highest BCUT2D eigenvalue weighted by Gasteiger charge is 2.39. The average Bonchev–Trinajstić information content (AvgIpc) is 3.39. The number of aromatic nitrogens is 3. The minimum absolute atomic E-state index is 0.195. The number of nitrogens with one attached hydrogen (secondary N) is 2. The molecule has 2 aliphatic heterocycles. The van der Waals surface area contributed by atoms with Crippen LogP contribution in [0.2, 0.25) is 0 Å². The predicted molar refractivity (Wildman–Crippen MR) is 110 cm³/mol. The van der Waals surface area contributed by atoms with Crippen molar-refractivity contribution in [2.45, 2.75) is 25.4 Å². The third-order valence-corrected chi connectivity index (χ3v) is 5.61. The van der Waals surface area contributed by atoms with Crippen molar-refractivity contribution in [2.24, 2.45) is 0 Å². The van der Waals surface area contributed by atoms with Gasteiger partial charge in [-0.25, -0.2) is 4.98 Å². The Kier molecular flexibility index (Phi) is 4.50. The Bertz CT molecular complexity index is 1220. The molecule has 5 rings (SSSR count). The van der Waals surface area contributed by atoms with Crippen LogP contribution in [0, 0.1) is 0 Å². The number of piperidine rings is 1. The Balaban J connectivity index is 1.40. The fourth-order valence-electron chi connectivity index (χ4n) is 4.01. The Hall–Kier alpha value is -4.01. The van der Waals surface area contributed by atoms with E-state index >= 15 is 0 Å². The number of aromatic amines is 1. The summed E-state index contributed by atoms with van der Waals surface area (Å²) in [5.74, 6) is -0.398. The van der Waals surface area contributed by atoms with Crippen LogP contribution in [0.25, 0.3) is 22.6 Å². The molecule has 1 unspecified atom stereocenters. The van der Waals surface area contributed by atoms with E-state index < -0.39 is 11.9 Å². The molecular formula is C22H19N5O4. The summed E-state index contributed by atoms with van der Waals surface area (Å²) in [7, 11) is 1.56. The molecule has 2 aliphatic rings. The number of ether oxygens (including phenoxy) is 1. The summed E-state index contributed by atoms with van der Waals surface area (Å²) in [4.78, 5) is 42.4. The SMILES string of the molecule is COc1cccc(-c2cc(-c3ccc4c(c3)CN(C3CCC(=O)NC3=O)C4=O)n[nH]2)n1. The minimum Gasteiger partial charge on any atom is -0.481 e. The predicted octanol–water partition coefficient (Wildman–Crippen LogP) is 1.91. The molecule has 0 saturated carbocycles. The van der Waals surface area contributed by atoms with Crippen LogP contribution in [0.3, 0.4) is 0 Å². The van der Waals surface area contributed by atoms with Crippen molar-refractivity contribution in [3.63, 3.8) is 0 Å². The number of H-pyrrole nitrogens is 1.